The normalized spacial score (nSPS) is 14.5. The first-order valence-corrected chi connectivity index (χ1v) is 4.76. The minimum Gasteiger partial charge on any atom is -0.433 e. The number of fused-ring (bicyclic) bond motifs is 1. The van der Waals surface area contributed by atoms with Gasteiger partial charge in [-0.1, -0.05) is 11.6 Å². The molecule has 0 aliphatic heterocycles. The molecule has 0 unspecified atom stereocenters. The lowest BCUT2D eigenvalue weighted by atomic mass is 10.1. The second-order valence-corrected chi connectivity index (χ2v) is 3.65. The summed E-state index contributed by atoms with van der Waals surface area (Å²) in [5.41, 5.74) is 1.24. The van der Waals surface area contributed by atoms with E-state index < -0.39 is 6.61 Å². The van der Waals surface area contributed by atoms with E-state index in [0.717, 1.165) is 5.56 Å². The van der Waals surface area contributed by atoms with Crippen molar-refractivity contribution in [1.29, 1.82) is 0 Å². The summed E-state index contributed by atoms with van der Waals surface area (Å²) >= 11 is 5.71. The molecular formula is C10H7ClF2O2. The Balaban J connectivity index is 2.40. The van der Waals surface area contributed by atoms with Crippen molar-refractivity contribution >= 4 is 17.4 Å². The summed E-state index contributed by atoms with van der Waals surface area (Å²) in [6.45, 7) is -2.90. The SMILES string of the molecule is O=C1CCc2cc(OC(F)F)c(Cl)cc21. The molecule has 0 fully saturated rings. The molecule has 0 atom stereocenters. The fraction of sp³-hybridized carbons (Fsp3) is 0.300. The molecule has 0 saturated carbocycles. The van der Waals surface area contributed by atoms with E-state index in [2.05, 4.69) is 4.74 Å². The largest absolute Gasteiger partial charge is 0.433 e. The van der Waals surface area contributed by atoms with E-state index in [9.17, 15) is 13.6 Å². The molecule has 1 aliphatic carbocycles. The molecule has 1 aromatic rings. The second kappa shape index (κ2) is 3.77. The third kappa shape index (κ3) is 1.95. The van der Waals surface area contributed by atoms with E-state index in [4.69, 9.17) is 11.6 Å². The third-order valence-corrected chi connectivity index (χ3v) is 2.59. The Labute approximate surface area is 89.8 Å². The molecule has 2 rings (SSSR count). The van der Waals surface area contributed by atoms with Crippen LogP contribution in [0.1, 0.15) is 22.3 Å². The Bertz CT molecular complexity index is 418. The molecule has 0 aromatic heterocycles. The van der Waals surface area contributed by atoms with Gasteiger partial charge in [0.1, 0.15) is 5.75 Å². The average molecular weight is 233 g/mol. The maximum Gasteiger partial charge on any atom is 0.387 e. The van der Waals surface area contributed by atoms with Crippen LogP contribution in [0.2, 0.25) is 5.02 Å². The number of hydrogen-bond donors (Lipinski definition) is 0. The Morgan fingerprint density at radius 2 is 2.07 bits per heavy atom. The van der Waals surface area contributed by atoms with Gasteiger partial charge in [-0.2, -0.15) is 8.78 Å². The van der Waals surface area contributed by atoms with Gasteiger partial charge < -0.3 is 4.74 Å². The molecule has 0 N–H and O–H groups in total. The number of ketones is 1. The number of rotatable bonds is 2. The second-order valence-electron chi connectivity index (χ2n) is 3.24. The summed E-state index contributed by atoms with van der Waals surface area (Å²) in [4.78, 5) is 11.3. The minimum absolute atomic E-state index is 0.00417. The number of carbonyl (C=O) groups excluding carboxylic acids is 1. The van der Waals surface area contributed by atoms with Crippen LogP contribution in [0.4, 0.5) is 8.78 Å². The fourth-order valence-electron chi connectivity index (χ4n) is 1.63. The molecule has 0 heterocycles. The summed E-state index contributed by atoms with van der Waals surface area (Å²) in [7, 11) is 0. The zero-order chi connectivity index (χ0) is 11.0. The molecule has 0 saturated heterocycles. The predicted molar refractivity (Wildman–Crippen MR) is 50.7 cm³/mol. The van der Waals surface area contributed by atoms with E-state index in [1.807, 2.05) is 0 Å². The van der Waals surface area contributed by atoms with Crippen molar-refractivity contribution in [3.05, 3.63) is 28.3 Å². The molecule has 0 radical (unpaired) electrons. The lowest BCUT2D eigenvalue weighted by Crippen LogP contribution is -2.03. The molecule has 1 aliphatic rings. The smallest absolute Gasteiger partial charge is 0.387 e. The van der Waals surface area contributed by atoms with Crippen molar-refractivity contribution < 1.29 is 18.3 Å². The maximum absolute atomic E-state index is 12.0. The quantitative estimate of drug-likeness (QED) is 0.783. The highest BCUT2D eigenvalue weighted by atomic mass is 35.5. The van der Waals surface area contributed by atoms with Gasteiger partial charge in [0.25, 0.3) is 0 Å². The predicted octanol–water partition coefficient (Wildman–Crippen LogP) is 3.07. The number of alkyl halides is 2. The highest BCUT2D eigenvalue weighted by molar-refractivity contribution is 6.32. The Hall–Kier alpha value is -1.16. The van der Waals surface area contributed by atoms with Crippen molar-refractivity contribution in [3.8, 4) is 5.75 Å². The van der Waals surface area contributed by atoms with E-state index >= 15 is 0 Å². The average Bonchev–Trinajstić information content (AvgIpc) is 2.48. The molecule has 15 heavy (non-hydrogen) atoms. The van der Waals surface area contributed by atoms with Gasteiger partial charge in [-0.15, -0.1) is 0 Å². The van der Waals surface area contributed by atoms with Gasteiger partial charge in [0.2, 0.25) is 0 Å². The topological polar surface area (TPSA) is 26.3 Å². The van der Waals surface area contributed by atoms with Gasteiger partial charge in [-0.25, -0.2) is 0 Å². The zero-order valence-electron chi connectivity index (χ0n) is 7.60. The van der Waals surface area contributed by atoms with E-state index in [1.165, 1.54) is 12.1 Å². The van der Waals surface area contributed by atoms with Gasteiger partial charge in [0, 0.05) is 12.0 Å². The van der Waals surface area contributed by atoms with Crippen molar-refractivity contribution in [2.75, 3.05) is 0 Å². The number of halogens is 3. The number of Topliss-reactive ketones (excluding diaryl/α,β-unsaturated/α-hetero) is 1. The standard InChI is InChI=1S/C10H7ClF2O2/c11-7-4-6-5(1-2-8(6)14)3-9(7)15-10(12)13/h3-4,10H,1-2H2. The summed E-state index contributed by atoms with van der Waals surface area (Å²) in [5.74, 6) is -0.0735. The van der Waals surface area contributed by atoms with Gasteiger partial charge in [0.15, 0.2) is 5.78 Å². The van der Waals surface area contributed by atoms with Crippen LogP contribution in [-0.4, -0.2) is 12.4 Å². The summed E-state index contributed by atoms with van der Waals surface area (Å²) < 4.78 is 28.2. The summed E-state index contributed by atoms with van der Waals surface area (Å²) in [6, 6.07) is 2.80. The summed E-state index contributed by atoms with van der Waals surface area (Å²) in [5, 5.41) is 0.0456. The maximum atomic E-state index is 12.0. The van der Waals surface area contributed by atoms with Crippen LogP contribution in [0.15, 0.2) is 12.1 Å². The first kappa shape index (κ1) is 10.4. The van der Waals surface area contributed by atoms with Crippen LogP contribution in [0.3, 0.4) is 0 Å². The molecule has 0 bridgehead atoms. The first-order chi connectivity index (χ1) is 7.08. The number of ether oxygens (including phenoxy) is 1. The van der Waals surface area contributed by atoms with Crippen LogP contribution >= 0.6 is 11.6 Å². The molecule has 2 nitrogen and oxygen atoms in total. The van der Waals surface area contributed by atoms with Crippen molar-refractivity contribution in [1.82, 2.24) is 0 Å². The van der Waals surface area contributed by atoms with Gasteiger partial charge in [0.05, 0.1) is 5.02 Å². The van der Waals surface area contributed by atoms with Crippen molar-refractivity contribution in [2.24, 2.45) is 0 Å². The number of carbonyl (C=O) groups is 1. The van der Waals surface area contributed by atoms with Gasteiger partial charge >= 0.3 is 6.61 Å². The molecule has 80 valence electrons. The molecule has 0 spiro atoms. The van der Waals surface area contributed by atoms with Crippen LogP contribution in [0.5, 0.6) is 5.75 Å². The number of benzene rings is 1. The van der Waals surface area contributed by atoms with E-state index in [1.54, 1.807) is 0 Å². The van der Waals surface area contributed by atoms with Crippen LogP contribution in [0.25, 0.3) is 0 Å². The zero-order valence-corrected chi connectivity index (χ0v) is 8.35. The molecular weight excluding hydrogens is 226 g/mol. The fourth-order valence-corrected chi connectivity index (χ4v) is 1.84. The van der Waals surface area contributed by atoms with Crippen molar-refractivity contribution in [3.63, 3.8) is 0 Å². The number of aryl methyl sites for hydroxylation is 1. The molecule has 5 heteroatoms. The van der Waals surface area contributed by atoms with Crippen LogP contribution in [0, 0.1) is 0 Å². The first-order valence-electron chi connectivity index (χ1n) is 4.38. The summed E-state index contributed by atoms with van der Waals surface area (Å²) in [6.07, 6.45) is 0.967. The minimum atomic E-state index is -2.90. The van der Waals surface area contributed by atoms with Crippen LogP contribution < -0.4 is 4.74 Å². The highest BCUT2D eigenvalue weighted by Crippen LogP contribution is 2.33. The molecule has 1 aromatic carbocycles. The highest BCUT2D eigenvalue weighted by Gasteiger charge is 2.22. The third-order valence-electron chi connectivity index (χ3n) is 2.30. The lowest BCUT2D eigenvalue weighted by Gasteiger charge is -2.08. The van der Waals surface area contributed by atoms with Gasteiger partial charge in [-0.3, -0.25) is 4.79 Å². The Morgan fingerprint density at radius 1 is 1.33 bits per heavy atom. The molecule has 0 amide bonds. The van der Waals surface area contributed by atoms with E-state index in [-0.39, 0.29) is 16.6 Å². The van der Waals surface area contributed by atoms with Gasteiger partial charge in [-0.05, 0) is 24.1 Å². The van der Waals surface area contributed by atoms with Crippen molar-refractivity contribution in [2.45, 2.75) is 19.5 Å². The van der Waals surface area contributed by atoms with Crippen LogP contribution in [-0.2, 0) is 6.42 Å². The number of hydrogen-bond acceptors (Lipinski definition) is 2. The van der Waals surface area contributed by atoms with E-state index in [0.29, 0.717) is 18.4 Å². The monoisotopic (exact) mass is 232 g/mol. The lowest BCUT2D eigenvalue weighted by molar-refractivity contribution is -0.0498. The Kier molecular flexibility index (Phi) is 2.61. The Morgan fingerprint density at radius 3 is 2.73 bits per heavy atom.